The van der Waals surface area contributed by atoms with E-state index in [9.17, 15) is 14.7 Å². The number of anilines is 1. The number of benzene rings is 3. The van der Waals surface area contributed by atoms with Crippen molar-refractivity contribution in [1.29, 1.82) is 0 Å². The number of methoxy groups -OCH3 is 2. The zero-order chi connectivity index (χ0) is 29.3. The van der Waals surface area contributed by atoms with Crippen molar-refractivity contribution in [2.75, 3.05) is 25.7 Å². The Morgan fingerprint density at radius 3 is 2.44 bits per heavy atom. The number of aromatic nitrogens is 1. The normalized spacial score (nSPS) is 16.5. The maximum Gasteiger partial charge on any atom is 0.301 e. The minimum Gasteiger partial charge on any atom is -0.507 e. The van der Waals surface area contributed by atoms with Gasteiger partial charge in [-0.1, -0.05) is 61.1 Å². The van der Waals surface area contributed by atoms with Crippen LogP contribution in [0.3, 0.4) is 0 Å². The molecule has 0 bridgehead atoms. The Morgan fingerprint density at radius 2 is 1.76 bits per heavy atom. The van der Waals surface area contributed by atoms with Gasteiger partial charge in [0.2, 0.25) is 0 Å². The SMILES string of the molecule is COc1ccc2nc(N3C(=O)C(=O)C(=C(O)c4ccc(C)cc4)C3c3ccc(OCCC(C)C)c(OC)c3)sc2c1. The molecular weight excluding hydrogens is 540 g/mol. The van der Waals surface area contributed by atoms with Gasteiger partial charge in [0.25, 0.3) is 5.78 Å². The zero-order valence-corrected chi connectivity index (χ0v) is 24.5. The number of fused-ring (bicyclic) bond motifs is 1. The van der Waals surface area contributed by atoms with Crippen LogP contribution >= 0.6 is 11.3 Å². The number of carbonyl (C=O) groups excluding carboxylic acids is 2. The van der Waals surface area contributed by atoms with Crippen LogP contribution in [0.1, 0.15) is 43.0 Å². The Hall–Kier alpha value is -4.37. The van der Waals surface area contributed by atoms with Crippen LogP contribution in [-0.2, 0) is 9.59 Å². The number of thiazole rings is 1. The van der Waals surface area contributed by atoms with Crippen molar-refractivity contribution >= 4 is 44.1 Å². The maximum absolute atomic E-state index is 13.6. The van der Waals surface area contributed by atoms with E-state index in [0.29, 0.717) is 51.5 Å². The van der Waals surface area contributed by atoms with E-state index in [4.69, 9.17) is 14.2 Å². The lowest BCUT2D eigenvalue weighted by Crippen LogP contribution is -2.29. The summed E-state index contributed by atoms with van der Waals surface area (Å²) in [5.74, 6) is 0.335. The monoisotopic (exact) mass is 572 g/mol. The molecule has 1 saturated heterocycles. The Kier molecular flexibility index (Phi) is 7.99. The van der Waals surface area contributed by atoms with Crippen LogP contribution in [0.15, 0.2) is 66.2 Å². The van der Waals surface area contributed by atoms with E-state index < -0.39 is 17.7 Å². The summed E-state index contributed by atoms with van der Waals surface area (Å²) in [7, 11) is 3.12. The van der Waals surface area contributed by atoms with Crippen molar-refractivity contribution in [3.05, 3.63) is 82.9 Å². The Labute approximate surface area is 242 Å². The fraction of sp³-hybridized carbons (Fsp3) is 0.281. The number of rotatable bonds is 9. The van der Waals surface area contributed by atoms with E-state index in [0.717, 1.165) is 16.7 Å². The van der Waals surface area contributed by atoms with Crippen molar-refractivity contribution in [2.24, 2.45) is 5.92 Å². The summed E-state index contributed by atoms with van der Waals surface area (Å²) in [4.78, 5) is 33.3. The Morgan fingerprint density at radius 1 is 1.00 bits per heavy atom. The lowest BCUT2D eigenvalue weighted by molar-refractivity contribution is -0.132. The van der Waals surface area contributed by atoms with E-state index in [1.807, 2.05) is 25.1 Å². The van der Waals surface area contributed by atoms with Gasteiger partial charge in [0, 0.05) is 5.56 Å². The Bertz CT molecular complexity index is 1640. The molecule has 9 heteroatoms. The zero-order valence-electron chi connectivity index (χ0n) is 23.6. The van der Waals surface area contributed by atoms with E-state index in [1.165, 1.54) is 16.2 Å². The van der Waals surface area contributed by atoms with Gasteiger partial charge < -0.3 is 19.3 Å². The highest BCUT2D eigenvalue weighted by Gasteiger charge is 2.48. The van der Waals surface area contributed by atoms with Gasteiger partial charge in [-0.15, -0.1) is 0 Å². The smallest absolute Gasteiger partial charge is 0.301 e. The summed E-state index contributed by atoms with van der Waals surface area (Å²) < 4.78 is 17.8. The van der Waals surface area contributed by atoms with Gasteiger partial charge in [-0.25, -0.2) is 4.98 Å². The molecule has 212 valence electrons. The fourth-order valence-corrected chi connectivity index (χ4v) is 5.73. The first-order valence-electron chi connectivity index (χ1n) is 13.3. The van der Waals surface area contributed by atoms with Gasteiger partial charge in [-0.3, -0.25) is 14.5 Å². The molecular formula is C32H32N2O6S. The van der Waals surface area contributed by atoms with E-state index in [1.54, 1.807) is 56.7 Å². The first-order chi connectivity index (χ1) is 19.7. The van der Waals surface area contributed by atoms with Gasteiger partial charge in [0.05, 0.1) is 42.7 Å². The van der Waals surface area contributed by atoms with Crippen molar-refractivity contribution in [3.8, 4) is 17.2 Å². The van der Waals surface area contributed by atoms with Crippen molar-refractivity contribution in [2.45, 2.75) is 33.2 Å². The number of hydrogen-bond donors (Lipinski definition) is 1. The lowest BCUT2D eigenvalue weighted by atomic mass is 9.95. The van der Waals surface area contributed by atoms with E-state index >= 15 is 0 Å². The predicted octanol–water partition coefficient (Wildman–Crippen LogP) is 6.67. The first-order valence-corrected chi connectivity index (χ1v) is 14.2. The van der Waals surface area contributed by atoms with Crippen LogP contribution < -0.4 is 19.1 Å². The molecule has 0 spiro atoms. The second kappa shape index (κ2) is 11.6. The molecule has 1 amide bonds. The second-order valence-corrected chi connectivity index (χ2v) is 11.3. The lowest BCUT2D eigenvalue weighted by Gasteiger charge is -2.24. The number of carbonyl (C=O) groups is 2. The summed E-state index contributed by atoms with van der Waals surface area (Å²) in [5, 5.41) is 11.8. The predicted molar refractivity (Wildman–Crippen MR) is 160 cm³/mol. The number of aliphatic hydroxyl groups is 1. The Balaban J connectivity index is 1.66. The number of aliphatic hydroxyl groups excluding tert-OH is 1. The summed E-state index contributed by atoms with van der Waals surface area (Å²) in [5.41, 5.74) is 2.65. The van der Waals surface area contributed by atoms with Gasteiger partial charge in [-0.05, 0) is 55.2 Å². The topological polar surface area (TPSA) is 98.2 Å². The molecule has 41 heavy (non-hydrogen) atoms. The molecule has 4 aromatic rings. The number of hydrogen-bond acceptors (Lipinski definition) is 8. The molecule has 5 rings (SSSR count). The van der Waals surface area contributed by atoms with E-state index in [-0.39, 0.29) is 11.3 Å². The molecule has 8 nitrogen and oxygen atoms in total. The van der Waals surface area contributed by atoms with E-state index in [2.05, 4.69) is 18.8 Å². The van der Waals surface area contributed by atoms with Crippen LogP contribution in [0.4, 0.5) is 5.13 Å². The molecule has 1 N–H and O–H groups in total. The van der Waals surface area contributed by atoms with Gasteiger partial charge in [-0.2, -0.15) is 0 Å². The first kappa shape index (κ1) is 28.2. The average molecular weight is 573 g/mol. The van der Waals surface area contributed by atoms with Crippen molar-refractivity contribution in [3.63, 3.8) is 0 Å². The third kappa shape index (κ3) is 5.50. The molecule has 1 aromatic heterocycles. The van der Waals surface area contributed by atoms with Crippen LogP contribution in [0, 0.1) is 12.8 Å². The summed E-state index contributed by atoms with van der Waals surface area (Å²) in [6.45, 7) is 6.70. The maximum atomic E-state index is 13.6. The van der Waals surface area contributed by atoms with Crippen LogP contribution in [0.5, 0.6) is 17.2 Å². The quantitative estimate of drug-likeness (QED) is 0.136. The molecule has 3 aromatic carbocycles. The number of ketones is 1. The number of amides is 1. The van der Waals surface area contributed by atoms with Gasteiger partial charge >= 0.3 is 5.91 Å². The standard InChI is InChI=1S/C32H32N2O6S/c1-18(2)14-15-40-24-13-10-21(16-25(24)39-5)28-27(29(35)20-8-6-19(3)7-9-20)30(36)31(37)34(28)32-33-23-12-11-22(38-4)17-26(23)41-32/h6-13,16-18,28,35H,14-15H2,1-5H3. The highest BCUT2D eigenvalue weighted by atomic mass is 32.1. The highest BCUT2D eigenvalue weighted by Crippen LogP contribution is 2.46. The molecule has 2 heterocycles. The van der Waals surface area contributed by atoms with Gasteiger partial charge in [0.15, 0.2) is 16.6 Å². The molecule has 0 radical (unpaired) electrons. The highest BCUT2D eigenvalue weighted by molar-refractivity contribution is 7.22. The molecule has 0 saturated carbocycles. The molecule has 1 aliphatic rings. The number of ether oxygens (including phenoxy) is 3. The van der Waals surface area contributed by atoms with Crippen molar-refractivity contribution in [1.82, 2.24) is 4.98 Å². The molecule has 1 unspecified atom stereocenters. The second-order valence-electron chi connectivity index (χ2n) is 10.3. The third-order valence-electron chi connectivity index (χ3n) is 7.02. The molecule has 1 aliphatic heterocycles. The van der Waals surface area contributed by atoms with Crippen molar-refractivity contribution < 1.29 is 28.9 Å². The number of nitrogens with zero attached hydrogens (tertiary/aromatic N) is 2. The van der Waals surface area contributed by atoms with Gasteiger partial charge in [0.1, 0.15) is 11.5 Å². The average Bonchev–Trinajstić information content (AvgIpc) is 3.50. The fourth-order valence-electron chi connectivity index (χ4n) is 4.71. The van der Waals surface area contributed by atoms with Crippen LogP contribution in [-0.4, -0.2) is 42.6 Å². The largest absolute Gasteiger partial charge is 0.507 e. The molecule has 0 aliphatic carbocycles. The molecule has 1 fully saturated rings. The summed E-state index contributed by atoms with van der Waals surface area (Å²) in [6.07, 6.45) is 0.879. The van der Waals surface area contributed by atoms with Crippen LogP contribution in [0.2, 0.25) is 0 Å². The summed E-state index contributed by atoms with van der Waals surface area (Å²) >= 11 is 1.27. The molecule has 1 atom stereocenters. The minimum absolute atomic E-state index is 0.0220. The summed E-state index contributed by atoms with van der Waals surface area (Å²) in [6, 6.07) is 16.9. The van der Waals surface area contributed by atoms with Crippen LogP contribution in [0.25, 0.3) is 16.0 Å². The minimum atomic E-state index is -0.947. The number of Topliss-reactive ketones (excluding diaryl/α,β-unsaturated/α-hetero) is 1. The third-order valence-corrected chi connectivity index (χ3v) is 8.03. The number of aryl methyl sites for hydroxylation is 1.